The number of aryl methyl sites for hydroxylation is 1. The van der Waals surface area contributed by atoms with E-state index >= 15 is 0 Å². The van der Waals surface area contributed by atoms with Gasteiger partial charge >= 0.3 is 0 Å². The van der Waals surface area contributed by atoms with Gasteiger partial charge < -0.3 is 9.88 Å². The zero-order chi connectivity index (χ0) is 14.8. The molecule has 3 heteroatoms. The van der Waals surface area contributed by atoms with E-state index in [0.717, 1.165) is 23.5 Å². The highest BCUT2D eigenvalue weighted by Gasteiger charge is 2.32. The van der Waals surface area contributed by atoms with Crippen LogP contribution >= 0.6 is 0 Å². The SMILES string of the molecule is CCC1CCC(Nc2nc(C)cn2C2CCCCC2)C1C. The van der Waals surface area contributed by atoms with E-state index in [9.17, 15) is 0 Å². The molecule has 3 atom stereocenters. The van der Waals surface area contributed by atoms with Crippen molar-refractivity contribution < 1.29 is 0 Å². The zero-order valence-corrected chi connectivity index (χ0v) is 13.9. The van der Waals surface area contributed by atoms with Gasteiger partial charge in [0.15, 0.2) is 0 Å². The van der Waals surface area contributed by atoms with E-state index in [1.807, 2.05) is 0 Å². The largest absolute Gasteiger partial charge is 0.353 e. The van der Waals surface area contributed by atoms with Crippen molar-refractivity contribution in [3.8, 4) is 0 Å². The van der Waals surface area contributed by atoms with Crippen LogP contribution in [-0.2, 0) is 0 Å². The molecule has 0 saturated heterocycles. The molecule has 0 bridgehead atoms. The molecule has 2 fully saturated rings. The molecule has 2 saturated carbocycles. The van der Waals surface area contributed by atoms with Crippen LogP contribution in [-0.4, -0.2) is 15.6 Å². The highest BCUT2D eigenvalue weighted by molar-refractivity contribution is 5.32. The third kappa shape index (κ3) is 3.12. The van der Waals surface area contributed by atoms with Crippen LogP contribution in [0, 0.1) is 18.8 Å². The average Bonchev–Trinajstić information content (AvgIpc) is 3.04. The van der Waals surface area contributed by atoms with Crippen LogP contribution in [0.2, 0.25) is 0 Å². The van der Waals surface area contributed by atoms with Gasteiger partial charge in [0.25, 0.3) is 0 Å². The Morgan fingerprint density at radius 2 is 1.95 bits per heavy atom. The summed E-state index contributed by atoms with van der Waals surface area (Å²) in [6, 6.07) is 1.28. The Morgan fingerprint density at radius 3 is 2.62 bits per heavy atom. The van der Waals surface area contributed by atoms with Crippen molar-refractivity contribution in [2.75, 3.05) is 5.32 Å². The molecular formula is C18H31N3. The van der Waals surface area contributed by atoms with Gasteiger partial charge in [-0.3, -0.25) is 0 Å². The minimum atomic E-state index is 0.610. The zero-order valence-electron chi connectivity index (χ0n) is 13.9. The fourth-order valence-corrected chi connectivity index (χ4v) is 4.45. The van der Waals surface area contributed by atoms with Gasteiger partial charge in [-0.15, -0.1) is 0 Å². The van der Waals surface area contributed by atoms with Gasteiger partial charge in [0.05, 0.1) is 5.69 Å². The smallest absolute Gasteiger partial charge is 0.203 e. The van der Waals surface area contributed by atoms with Crippen molar-refractivity contribution in [2.24, 2.45) is 11.8 Å². The molecule has 118 valence electrons. The van der Waals surface area contributed by atoms with E-state index in [1.54, 1.807) is 0 Å². The number of nitrogens with zero attached hydrogens (tertiary/aromatic N) is 2. The van der Waals surface area contributed by atoms with E-state index in [2.05, 4.69) is 36.9 Å². The monoisotopic (exact) mass is 289 g/mol. The van der Waals surface area contributed by atoms with Crippen LogP contribution < -0.4 is 5.32 Å². The first-order chi connectivity index (χ1) is 10.2. The third-order valence-electron chi connectivity index (χ3n) is 5.89. The lowest BCUT2D eigenvalue weighted by atomic mass is 9.93. The molecule has 3 unspecified atom stereocenters. The first-order valence-electron chi connectivity index (χ1n) is 9.01. The summed E-state index contributed by atoms with van der Waals surface area (Å²) in [7, 11) is 0. The number of hydrogen-bond donors (Lipinski definition) is 1. The number of aromatic nitrogens is 2. The topological polar surface area (TPSA) is 29.9 Å². The van der Waals surface area contributed by atoms with Crippen LogP contribution in [0.3, 0.4) is 0 Å². The molecular weight excluding hydrogens is 258 g/mol. The molecule has 0 spiro atoms. The first-order valence-corrected chi connectivity index (χ1v) is 9.01. The standard InChI is InChI=1S/C18H31N3/c1-4-15-10-11-17(14(15)3)20-18-19-13(2)12-21(18)16-8-6-5-7-9-16/h12,14-17H,4-11H2,1-3H3,(H,19,20). The van der Waals surface area contributed by atoms with Crippen LogP contribution in [0.1, 0.15) is 76.9 Å². The van der Waals surface area contributed by atoms with Gasteiger partial charge in [-0.2, -0.15) is 0 Å². The summed E-state index contributed by atoms with van der Waals surface area (Å²) in [6.45, 7) is 6.87. The molecule has 0 aliphatic heterocycles. The summed E-state index contributed by atoms with van der Waals surface area (Å²) in [5.74, 6) is 2.79. The Bertz CT molecular complexity index is 459. The number of imidazole rings is 1. The summed E-state index contributed by atoms with van der Waals surface area (Å²) in [5.41, 5.74) is 1.15. The average molecular weight is 289 g/mol. The van der Waals surface area contributed by atoms with Crippen molar-refractivity contribution in [2.45, 2.75) is 84.2 Å². The van der Waals surface area contributed by atoms with Gasteiger partial charge in [-0.25, -0.2) is 4.98 Å². The van der Waals surface area contributed by atoms with E-state index in [-0.39, 0.29) is 0 Å². The number of hydrogen-bond acceptors (Lipinski definition) is 2. The molecule has 1 aromatic rings. The highest BCUT2D eigenvalue weighted by atomic mass is 15.2. The number of rotatable bonds is 4. The fraction of sp³-hybridized carbons (Fsp3) is 0.833. The van der Waals surface area contributed by atoms with E-state index in [0.29, 0.717) is 12.1 Å². The number of anilines is 1. The Morgan fingerprint density at radius 1 is 1.19 bits per heavy atom. The quantitative estimate of drug-likeness (QED) is 0.851. The fourth-order valence-electron chi connectivity index (χ4n) is 4.45. The lowest BCUT2D eigenvalue weighted by molar-refractivity contribution is 0.352. The van der Waals surface area contributed by atoms with Crippen molar-refractivity contribution in [1.29, 1.82) is 0 Å². The number of nitrogens with one attached hydrogen (secondary N) is 1. The Hall–Kier alpha value is -0.990. The van der Waals surface area contributed by atoms with Crippen molar-refractivity contribution in [3.63, 3.8) is 0 Å². The summed E-state index contributed by atoms with van der Waals surface area (Å²) in [6.07, 6.45) is 13.0. The molecule has 0 aromatic carbocycles. The van der Waals surface area contributed by atoms with E-state index in [4.69, 9.17) is 4.98 Å². The van der Waals surface area contributed by atoms with Gasteiger partial charge in [0.1, 0.15) is 0 Å². The predicted octanol–water partition coefficient (Wildman–Crippen LogP) is 4.93. The molecule has 21 heavy (non-hydrogen) atoms. The molecule has 3 nitrogen and oxygen atoms in total. The first kappa shape index (κ1) is 14.9. The van der Waals surface area contributed by atoms with Gasteiger partial charge in [-0.05, 0) is 44.4 Å². The van der Waals surface area contributed by atoms with Crippen LogP contribution in [0.25, 0.3) is 0 Å². The van der Waals surface area contributed by atoms with Gasteiger partial charge in [-0.1, -0.05) is 39.5 Å². The van der Waals surface area contributed by atoms with Gasteiger partial charge in [0.2, 0.25) is 5.95 Å². The molecule has 1 N–H and O–H groups in total. The molecule has 2 aliphatic carbocycles. The molecule has 0 amide bonds. The van der Waals surface area contributed by atoms with Crippen molar-refractivity contribution in [1.82, 2.24) is 9.55 Å². The maximum Gasteiger partial charge on any atom is 0.203 e. The summed E-state index contributed by atoms with van der Waals surface area (Å²) in [5, 5.41) is 3.79. The van der Waals surface area contributed by atoms with Crippen LogP contribution in [0.4, 0.5) is 5.95 Å². The van der Waals surface area contributed by atoms with Crippen molar-refractivity contribution in [3.05, 3.63) is 11.9 Å². The lowest BCUT2D eigenvalue weighted by Gasteiger charge is -2.27. The molecule has 3 rings (SSSR count). The Balaban J connectivity index is 1.73. The normalized spacial score (nSPS) is 30.7. The second-order valence-electron chi connectivity index (χ2n) is 7.26. The lowest BCUT2D eigenvalue weighted by Crippen LogP contribution is -2.27. The maximum atomic E-state index is 4.79. The van der Waals surface area contributed by atoms with Crippen molar-refractivity contribution >= 4 is 5.95 Å². The van der Waals surface area contributed by atoms with Gasteiger partial charge in [0, 0.05) is 18.3 Å². The molecule has 1 aromatic heterocycles. The molecule has 0 radical (unpaired) electrons. The summed E-state index contributed by atoms with van der Waals surface area (Å²) in [4.78, 5) is 4.79. The minimum Gasteiger partial charge on any atom is -0.353 e. The van der Waals surface area contributed by atoms with Crippen LogP contribution in [0.15, 0.2) is 6.20 Å². The Labute approximate surface area is 129 Å². The minimum absolute atomic E-state index is 0.610. The second-order valence-corrected chi connectivity index (χ2v) is 7.26. The third-order valence-corrected chi connectivity index (χ3v) is 5.89. The highest BCUT2D eigenvalue weighted by Crippen LogP contribution is 2.37. The molecule has 1 heterocycles. The predicted molar refractivity (Wildman–Crippen MR) is 88.7 cm³/mol. The van der Waals surface area contributed by atoms with E-state index < -0.39 is 0 Å². The Kier molecular flexibility index (Phi) is 4.56. The molecule has 2 aliphatic rings. The maximum absolute atomic E-state index is 4.79. The summed E-state index contributed by atoms with van der Waals surface area (Å²) >= 11 is 0. The second kappa shape index (κ2) is 6.41. The van der Waals surface area contributed by atoms with Crippen LogP contribution in [0.5, 0.6) is 0 Å². The summed E-state index contributed by atoms with van der Waals surface area (Å²) < 4.78 is 2.44. The van der Waals surface area contributed by atoms with E-state index in [1.165, 1.54) is 51.4 Å².